The van der Waals surface area contributed by atoms with Gasteiger partial charge >= 0.3 is 5.69 Å². The van der Waals surface area contributed by atoms with E-state index < -0.39 is 0 Å². The van der Waals surface area contributed by atoms with E-state index in [1.807, 2.05) is 30.3 Å². The maximum atomic E-state index is 12.0. The molecule has 0 fully saturated rings. The van der Waals surface area contributed by atoms with Gasteiger partial charge in [-0.25, -0.2) is 9.89 Å². The zero-order valence-corrected chi connectivity index (χ0v) is 12.5. The van der Waals surface area contributed by atoms with Crippen LogP contribution in [0.15, 0.2) is 58.6 Å². The van der Waals surface area contributed by atoms with E-state index in [9.17, 15) is 9.59 Å². The van der Waals surface area contributed by atoms with Gasteiger partial charge in [0, 0.05) is 6.20 Å². The van der Waals surface area contributed by atoms with E-state index >= 15 is 0 Å². The van der Waals surface area contributed by atoms with Crippen molar-refractivity contribution in [3.05, 3.63) is 70.4 Å². The summed E-state index contributed by atoms with van der Waals surface area (Å²) in [6.07, 6.45) is 1.71. The monoisotopic (exact) mass is 314 g/mol. The van der Waals surface area contributed by atoms with Crippen molar-refractivity contribution < 1.29 is 4.79 Å². The summed E-state index contributed by atoms with van der Waals surface area (Å²) in [6.45, 7) is 0.426. The Kier molecular flexibility index (Phi) is 4.24. The predicted molar refractivity (Wildman–Crippen MR) is 84.2 cm³/mol. The predicted octanol–water partition coefficient (Wildman–Crippen LogP) is 1.92. The molecule has 0 aliphatic heterocycles. The van der Waals surface area contributed by atoms with E-state index in [-0.39, 0.29) is 17.2 Å². The van der Waals surface area contributed by atoms with E-state index in [0.29, 0.717) is 17.4 Å². The molecule has 3 aromatic rings. The first-order chi connectivity index (χ1) is 10.7. The van der Waals surface area contributed by atoms with E-state index in [0.717, 1.165) is 5.56 Å². The lowest BCUT2D eigenvalue weighted by atomic mass is 10.2. The molecule has 6 nitrogen and oxygen atoms in total. The van der Waals surface area contributed by atoms with Gasteiger partial charge in [0.15, 0.2) is 10.9 Å². The highest BCUT2D eigenvalue weighted by Crippen LogP contribution is 2.16. The third-order valence-corrected chi connectivity index (χ3v) is 4.11. The summed E-state index contributed by atoms with van der Waals surface area (Å²) >= 11 is 1.24. The van der Waals surface area contributed by atoms with E-state index in [4.69, 9.17) is 0 Å². The van der Waals surface area contributed by atoms with Crippen molar-refractivity contribution in [2.45, 2.75) is 11.7 Å². The standard InChI is InChI=1S/C15H14N4O2S/c20-13(12-7-4-8-16-12)10-22-15-18-17-14(21)19(15)9-11-5-2-1-3-6-11/h1-8,16H,9-10H2,(H,17,21). The van der Waals surface area contributed by atoms with Crippen molar-refractivity contribution in [1.29, 1.82) is 0 Å². The molecule has 0 spiro atoms. The van der Waals surface area contributed by atoms with Gasteiger partial charge in [-0.3, -0.25) is 9.36 Å². The Balaban J connectivity index is 1.72. The Bertz CT molecular complexity index is 806. The zero-order valence-electron chi connectivity index (χ0n) is 11.7. The summed E-state index contributed by atoms with van der Waals surface area (Å²) < 4.78 is 1.53. The molecule has 2 aromatic heterocycles. The topological polar surface area (TPSA) is 83.5 Å². The fourth-order valence-electron chi connectivity index (χ4n) is 2.03. The average molecular weight is 314 g/mol. The highest BCUT2D eigenvalue weighted by Gasteiger charge is 2.13. The summed E-state index contributed by atoms with van der Waals surface area (Å²) in [5.74, 6) is 0.191. The highest BCUT2D eigenvalue weighted by molar-refractivity contribution is 7.99. The SMILES string of the molecule is O=C(CSc1n[nH]c(=O)n1Cc1ccccc1)c1ccc[nH]1. The molecule has 0 atom stereocenters. The highest BCUT2D eigenvalue weighted by atomic mass is 32.2. The molecule has 0 aliphatic carbocycles. The normalized spacial score (nSPS) is 10.7. The maximum absolute atomic E-state index is 12.0. The minimum Gasteiger partial charge on any atom is -0.359 e. The maximum Gasteiger partial charge on any atom is 0.344 e. The fraction of sp³-hybridized carbons (Fsp3) is 0.133. The van der Waals surface area contributed by atoms with Crippen molar-refractivity contribution in [2.75, 3.05) is 5.75 Å². The number of rotatable bonds is 6. The number of carbonyl (C=O) groups excluding carboxylic acids is 1. The molecular formula is C15H14N4O2S. The van der Waals surface area contributed by atoms with Crippen molar-refractivity contribution in [3.8, 4) is 0 Å². The van der Waals surface area contributed by atoms with Gasteiger partial charge in [0.2, 0.25) is 0 Å². The first-order valence-electron chi connectivity index (χ1n) is 6.72. The van der Waals surface area contributed by atoms with Crippen molar-refractivity contribution in [3.63, 3.8) is 0 Å². The number of nitrogens with one attached hydrogen (secondary N) is 2. The number of H-pyrrole nitrogens is 2. The van der Waals surface area contributed by atoms with Gasteiger partial charge in [-0.15, -0.1) is 5.10 Å². The van der Waals surface area contributed by atoms with Gasteiger partial charge in [0.25, 0.3) is 0 Å². The lowest BCUT2D eigenvalue weighted by molar-refractivity contribution is 0.101. The van der Waals surface area contributed by atoms with E-state index in [1.54, 1.807) is 18.3 Å². The van der Waals surface area contributed by atoms with Gasteiger partial charge in [0.1, 0.15) is 0 Å². The molecule has 3 rings (SSSR count). The van der Waals surface area contributed by atoms with Crippen LogP contribution in [0.4, 0.5) is 0 Å². The Morgan fingerprint density at radius 2 is 2.00 bits per heavy atom. The van der Waals surface area contributed by atoms with E-state index in [2.05, 4.69) is 15.2 Å². The third kappa shape index (κ3) is 3.20. The number of ketones is 1. The molecule has 2 heterocycles. The number of aromatic amines is 2. The van der Waals surface area contributed by atoms with Crippen LogP contribution in [0.5, 0.6) is 0 Å². The van der Waals surface area contributed by atoms with Crippen molar-refractivity contribution in [2.24, 2.45) is 0 Å². The lowest BCUT2D eigenvalue weighted by Gasteiger charge is -2.05. The number of nitrogens with zero attached hydrogens (tertiary/aromatic N) is 2. The first kappa shape index (κ1) is 14.4. The molecule has 2 N–H and O–H groups in total. The number of carbonyl (C=O) groups is 1. The summed E-state index contributed by atoms with van der Waals surface area (Å²) in [5.41, 5.74) is 1.28. The largest absolute Gasteiger partial charge is 0.359 e. The average Bonchev–Trinajstić information content (AvgIpc) is 3.18. The van der Waals surface area contributed by atoms with Gasteiger partial charge in [-0.2, -0.15) is 0 Å². The van der Waals surface area contributed by atoms with Crippen molar-refractivity contribution >= 4 is 17.5 Å². The van der Waals surface area contributed by atoms with Crippen LogP contribution >= 0.6 is 11.8 Å². The Morgan fingerprint density at radius 1 is 1.18 bits per heavy atom. The third-order valence-electron chi connectivity index (χ3n) is 3.14. The van der Waals surface area contributed by atoms with Gasteiger partial charge in [-0.05, 0) is 17.7 Å². The van der Waals surface area contributed by atoms with Gasteiger partial charge < -0.3 is 4.98 Å². The first-order valence-corrected chi connectivity index (χ1v) is 7.71. The Hall–Kier alpha value is -2.54. The lowest BCUT2D eigenvalue weighted by Crippen LogP contribution is -2.18. The second kappa shape index (κ2) is 6.48. The smallest absolute Gasteiger partial charge is 0.344 e. The molecular weight excluding hydrogens is 300 g/mol. The van der Waals surface area contributed by atoms with Crippen molar-refractivity contribution in [1.82, 2.24) is 19.7 Å². The molecule has 0 amide bonds. The van der Waals surface area contributed by atoms with Crippen LogP contribution < -0.4 is 5.69 Å². The molecule has 0 radical (unpaired) electrons. The summed E-state index contributed by atoms with van der Waals surface area (Å²) in [5, 5.41) is 6.93. The molecule has 0 aliphatic rings. The Morgan fingerprint density at radius 3 is 2.73 bits per heavy atom. The second-order valence-corrected chi connectivity index (χ2v) is 5.62. The molecule has 112 valence electrons. The van der Waals surface area contributed by atoms with Crippen LogP contribution in [0.1, 0.15) is 16.1 Å². The number of hydrogen-bond acceptors (Lipinski definition) is 4. The zero-order chi connectivity index (χ0) is 15.4. The number of Topliss-reactive ketones (excluding diaryl/α,β-unsaturated/α-hetero) is 1. The number of benzene rings is 1. The quantitative estimate of drug-likeness (QED) is 0.538. The van der Waals surface area contributed by atoms with Crippen LogP contribution in [-0.2, 0) is 6.54 Å². The summed E-state index contributed by atoms with van der Waals surface area (Å²) in [7, 11) is 0. The van der Waals surface area contributed by atoms with Gasteiger partial charge in [0.05, 0.1) is 18.0 Å². The Labute approximate surface area is 130 Å². The van der Waals surface area contributed by atoms with Crippen LogP contribution in [0.3, 0.4) is 0 Å². The summed E-state index contributed by atoms with van der Waals surface area (Å²) in [6, 6.07) is 13.1. The van der Waals surface area contributed by atoms with Crippen LogP contribution in [-0.4, -0.2) is 31.3 Å². The molecule has 0 saturated heterocycles. The number of thioether (sulfide) groups is 1. The number of aromatic nitrogens is 4. The molecule has 22 heavy (non-hydrogen) atoms. The molecule has 0 bridgehead atoms. The molecule has 0 unspecified atom stereocenters. The fourth-order valence-corrected chi connectivity index (χ4v) is 2.86. The molecule has 1 aromatic carbocycles. The minimum atomic E-state index is -0.279. The number of hydrogen-bond donors (Lipinski definition) is 2. The van der Waals surface area contributed by atoms with Crippen LogP contribution in [0.2, 0.25) is 0 Å². The molecule has 0 saturated carbocycles. The van der Waals surface area contributed by atoms with Crippen LogP contribution in [0, 0.1) is 0 Å². The van der Waals surface area contributed by atoms with Gasteiger partial charge in [-0.1, -0.05) is 42.1 Å². The second-order valence-electron chi connectivity index (χ2n) is 4.68. The summed E-state index contributed by atoms with van der Waals surface area (Å²) in [4.78, 5) is 26.7. The van der Waals surface area contributed by atoms with E-state index in [1.165, 1.54) is 16.3 Å². The van der Waals surface area contributed by atoms with Crippen LogP contribution in [0.25, 0.3) is 0 Å². The minimum absolute atomic E-state index is 0.0308. The molecule has 7 heteroatoms.